The number of halogens is 5. The van der Waals surface area contributed by atoms with Crippen LogP contribution in [0.2, 0.25) is 20.1 Å². The average Bonchev–Trinajstić information content (AvgIpc) is 3.12. The van der Waals surface area contributed by atoms with E-state index in [1.807, 2.05) is 31.2 Å². The van der Waals surface area contributed by atoms with E-state index in [0.29, 0.717) is 46.1 Å². The van der Waals surface area contributed by atoms with E-state index in [1.54, 1.807) is 30.3 Å². The first-order valence-electron chi connectivity index (χ1n) is 9.81. The number of nitrogens with zero attached hydrogens (tertiary/aromatic N) is 1. The number of ether oxygens (including phenoxy) is 1. The summed E-state index contributed by atoms with van der Waals surface area (Å²) in [4.78, 5) is 17.5. The van der Waals surface area contributed by atoms with Crippen LogP contribution in [0.25, 0.3) is 6.08 Å². The fourth-order valence-electron chi connectivity index (χ4n) is 3.04. The van der Waals surface area contributed by atoms with Crippen molar-refractivity contribution in [1.82, 2.24) is 5.32 Å². The molecule has 34 heavy (non-hydrogen) atoms. The van der Waals surface area contributed by atoms with E-state index >= 15 is 0 Å². The molecular formula is C24H15BrCl4N2O2S. The fourth-order valence-corrected chi connectivity index (χ4v) is 5.36. The number of rotatable bonds is 5. The second kappa shape index (κ2) is 10.9. The third-order valence-corrected chi connectivity index (χ3v) is 7.73. The van der Waals surface area contributed by atoms with Gasteiger partial charge in [-0.15, -0.1) is 0 Å². The van der Waals surface area contributed by atoms with Gasteiger partial charge in [0, 0.05) is 5.02 Å². The van der Waals surface area contributed by atoms with E-state index in [0.717, 1.165) is 16.7 Å². The van der Waals surface area contributed by atoms with Gasteiger partial charge >= 0.3 is 0 Å². The molecule has 4 rings (SSSR count). The van der Waals surface area contributed by atoms with Crippen molar-refractivity contribution < 1.29 is 9.53 Å². The van der Waals surface area contributed by atoms with Crippen LogP contribution in [0.3, 0.4) is 0 Å². The summed E-state index contributed by atoms with van der Waals surface area (Å²) in [5, 5.41) is 5.21. The zero-order chi connectivity index (χ0) is 24.4. The molecule has 3 aromatic rings. The Morgan fingerprint density at radius 3 is 2.56 bits per heavy atom. The summed E-state index contributed by atoms with van der Waals surface area (Å²) in [6.45, 7) is 2.14. The standard InChI is InChI=1S/C24H15BrCl4N2O2S/c1-12-16(26)3-2-4-20(12)30-24-31-23(32)21(34-24)10-14-7-15(25)22(19(29)9-14)33-11-13-5-6-17(27)18(28)8-13/h2-10H,11H2,1H3,(H,30,31,32)/b21-10+. The number of amides is 1. The molecule has 10 heteroatoms. The molecule has 1 heterocycles. The molecule has 1 N–H and O–H groups in total. The van der Waals surface area contributed by atoms with E-state index in [2.05, 4.69) is 26.2 Å². The lowest BCUT2D eigenvalue weighted by Crippen LogP contribution is -2.19. The van der Waals surface area contributed by atoms with Gasteiger partial charge in [-0.3, -0.25) is 4.79 Å². The van der Waals surface area contributed by atoms with Crippen LogP contribution in [-0.4, -0.2) is 11.1 Å². The van der Waals surface area contributed by atoms with Crippen LogP contribution in [0.15, 0.2) is 62.9 Å². The first kappa shape index (κ1) is 25.4. The Bertz CT molecular complexity index is 1340. The van der Waals surface area contributed by atoms with Crippen molar-refractivity contribution in [2.24, 2.45) is 4.99 Å². The van der Waals surface area contributed by atoms with Gasteiger partial charge in [0.2, 0.25) is 0 Å². The Hall–Kier alpha value is -1.67. The van der Waals surface area contributed by atoms with Crippen molar-refractivity contribution in [3.05, 3.63) is 94.7 Å². The minimum atomic E-state index is -0.240. The highest BCUT2D eigenvalue weighted by atomic mass is 79.9. The summed E-state index contributed by atoms with van der Waals surface area (Å²) < 4.78 is 6.53. The molecule has 0 spiro atoms. The van der Waals surface area contributed by atoms with Gasteiger partial charge < -0.3 is 10.1 Å². The number of nitrogens with one attached hydrogen (secondary N) is 1. The maximum absolute atomic E-state index is 12.5. The van der Waals surface area contributed by atoms with Crippen LogP contribution >= 0.6 is 74.1 Å². The van der Waals surface area contributed by atoms with Gasteiger partial charge in [-0.05, 0) is 93.8 Å². The maximum atomic E-state index is 12.5. The molecule has 0 saturated carbocycles. The normalized spacial score (nSPS) is 15.8. The molecule has 1 aliphatic heterocycles. The average molecular weight is 617 g/mol. The molecule has 3 aromatic carbocycles. The molecule has 174 valence electrons. The molecule has 1 saturated heterocycles. The Balaban J connectivity index is 1.51. The lowest BCUT2D eigenvalue weighted by Gasteiger charge is -2.12. The lowest BCUT2D eigenvalue weighted by molar-refractivity contribution is -0.115. The minimum Gasteiger partial charge on any atom is -0.486 e. The van der Waals surface area contributed by atoms with Crippen LogP contribution in [0.1, 0.15) is 16.7 Å². The number of aliphatic imine (C=N–C) groups is 1. The predicted octanol–water partition coefficient (Wildman–Crippen LogP) is 8.84. The smallest absolute Gasteiger partial charge is 0.264 e. The molecule has 1 fully saturated rings. The van der Waals surface area contributed by atoms with Crippen molar-refractivity contribution in [2.45, 2.75) is 13.5 Å². The summed E-state index contributed by atoms with van der Waals surface area (Å²) in [5.41, 5.74) is 3.13. The SMILES string of the molecule is Cc1c(Cl)cccc1N=C1NC(=O)/C(=C\c2cc(Cl)c(OCc3ccc(Cl)c(Cl)c3)c(Br)c2)S1. The Morgan fingerprint density at radius 1 is 1.03 bits per heavy atom. The largest absolute Gasteiger partial charge is 0.486 e. The monoisotopic (exact) mass is 614 g/mol. The van der Waals surface area contributed by atoms with Gasteiger partial charge in [0.15, 0.2) is 10.9 Å². The van der Waals surface area contributed by atoms with Crippen molar-refractivity contribution in [2.75, 3.05) is 0 Å². The molecule has 1 amide bonds. The van der Waals surface area contributed by atoms with Crippen LogP contribution < -0.4 is 10.1 Å². The van der Waals surface area contributed by atoms with Crippen molar-refractivity contribution in [1.29, 1.82) is 0 Å². The van der Waals surface area contributed by atoms with Crippen LogP contribution in [0.5, 0.6) is 5.75 Å². The molecule has 4 nitrogen and oxygen atoms in total. The molecule has 0 atom stereocenters. The van der Waals surface area contributed by atoms with Crippen LogP contribution in [0.4, 0.5) is 5.69 Å². The number of carbonyl (C=O) groups excluding carboxylic acids is 1. The van der Waals surface area contributed by atoms with Crippen molar-refractivity contribution >= 4 is 96.9 Å². The number of hydrogen-bond donors (Lipinski definition) is 1. The predicted molar refractivity (Wildman–Crippen MR) is 147 cm³/mol. The second-order valence-electron chi connectivity index (χ2n) is 7.22. The van der Waals surface area contributed by atoms with E-state index in [1.165, 1.54) is 11.8 Å². The first-order chi connectivity index (χ1) is 16.2. The van der Waals surface area contributed by atoms with Crippen LogP contribution in [0, 0.1) is 6.92 Å². The maximum Gasteiger partial charge on any atom is 0.264 e. The summed E-state index contributed by atoms with van der Waals surface area (Å²) in [5.74, 6) is 0.243. The first-order valence-corrected chi connectivity index (χ1v) is 12.9. The third-order valence-electron chi connectivity index (χ3n) is 4.80. The zero-order valence-electron chi connectivity index (χ0n) is 17.5. The summed E-state index contributed by atoms with van der Waals surface area (Å²) in [6, 6.07) is 14.3. The highest BCUT2D eigenvalue weighted by Crippen LogP contribution is 2.37. The summed E-state index contributed by atoms with van der Waals surface area (Å²) in [7, 11) is 0. The Kier molecular flexibility index (Phi) is 8.18. The van der Waals surface area contributed by atoms with E-state index in [-0.39, 0.29) is 12.5 Å². The molecule has 0 radical (unpaired) electrons. The lowest BCUT2D eigenvalue weighted by atomic mass is 10.2. The topological polar surface area (TPSA) is 50.7 Å². The highest BCUT2D eigenvalue weighted by Gasteiger charge is 2.24. The molecule has 1 aliphatic rings. The molecule has 0 bridgehead atoms. The molecule has 0 unspecified atom stereocenters. The summed E-state index contributed by atoms with van der Waals surface area (Å²) >= 11 is 29.4. The number of hydrogen-bond acceptors (Lipinski definition) is 4. The molecular weight excluding hydrogens is 602 g/mol. The Labute approximate surface area is 229 Å². The second-order valence-corrected chi connectivity index (χ2v) is 10.7. The number of amidine groups is 1. The third kappa shape index (κ3) is 5.93. The van der Waals surface area contributed by atoms with Gasteiger partial charge in [-0.25, -0.2) is 4.99 Å². The number of carbonyl (C=O) groups is 1. The van der Waals surface area contributed by atoms with Gasteiger partial charge in [0.1, 0.15) is 6.61 Å². The van der Waals surface area contributed by atoms with Gasteiger partial charge in [0.05, 0.1) is 30.1 Å². The molecule has 0 aromatic heterocycles. The van der Waals surface area contributed by atoms with Crippen LogP contribution in [-0.2, 0) is 11.4 Å². The number of benzene rings is 3. The summed E-state index contributed by atoms with van der Waals surface area (Å²) in [6.07, 6.45) is 1.74. The zero-order valence-corrected chi connectivity index (χ0v) is 22.9. The number of thioether (sulfide) groups is 1. The van der Waals surface area contributed by atoms with Gasteiger partial charge in [-0.1, -0.05) is 58.5 Å². The van der Waals surface area contributed by atoms with Crippen molar-refractivity contribution in [3.8, 4) is 5.75 Å². The van der Waals surface area contributed by atoms with Gasteiger partial charge in [0.25, 0.3) is 5.91 Å². The quantitative estimate of drug-likeness (QED) is 0.291. The highest BCUT2D eigenvalue weighted by molar-refractivity contribution is 9.10. The molecule has 0 aliphatic carbocycles. The van der Waals surface area contributed by atoms with E-state index < -0.39 is 0 Å². The minimum absolute atomic E-state index is 0.240. The van der Waals surface area contributed by atoms with E-state index in [4.69, 9.17) is 51.1 Å². The van der Waals surface area contributed by atoms with E-state index in [9.17, 15) is 4.79 Å². The fraction of sp³-hybridized carbons (Fsp3) is 0.0833. The van der Waals surface area contributed by atoms with Gasteiger partial charge in [-0.2, -0.15) is 0 Å². The van der Waals surface area contributed by atoms with Crippen molar-refractivity contribution in [3.63, 3.8) is 0 Å². The Morgan fingerprint density at radius 2 is 1.82 bits per heavy atom.